The molecule has 3 aromatic carbocycles. The molecule has 2 aliphatic carbocycles. The number of nitrogens with zero attached hydrogens (tertiary/aromatic N) is 5. The first-order valence-corrected chi connectivity index (χ1v) is 30.2. The van der Waals surface area contributed by atoms with Crippen molar-refractivity contribution in [2.75, 3.05) is 49.1 Å². The number of fused-ring (bicyclic) bond motifs is 3. The number of amides is 6. The molecular weight excluding hydrogens is 1160 g/mol. The number of halogens is 2. The SMILES string of the molecule is CC(C)(C)OC(=O)NC1CCNCC1.CC1CCN(c2ccc3c(c2)CN(C2CCC(=O)CC2=O)C3=O)CC1.Cl.NC1CCN(c2ccc3c(c2)CN(C2CCC(=O)CC2=O)C3=O)CC1.O=C1CCC(N2Cc3cc(Br)ccc3C2=O)C(=O)N1. The zero-order valence-corrected chi connectivity index (χ0v) is 50.9. The van der Waals surface area contributed by atoms with Gasteiger partial charge in [0.2, 0.25) is 11.8 Å². The quantitative estimate of drug-likeness (QED) is 0.147. The Hall–Kier alpha value is -6.55. The lowest BCUT2D eigenvalue weighted by molar-refractivity contribution is -0.137. The van der Waals surface area contributed by atoms with Gasteiger partial charge in [0.15, 0.2) is 11.6 Å². The molecule has 4 saturated heterocycles. The summed E-state index contributed by atoms with van der Waals surface area (Å²) in [7, 11) is 0. The zero-order valence-electron chi connectivity index (χ0n) is 48.5. The summed E-state index contributed by atoms with van der Waals surface area (Å²) in [6.45, 7) is 15.2. The molecule has 7 heterocycles. The number of nitrogens with two attached hydrogens (primary N) is 1. The maximum atomic E-state index is 12.7. The summed E-state index contributed by atoms with van der Waals surface area (Å²) in [4.78, 5) is 129. The molecule has 84 heavy (non-hydrogen) atoms. The van der Waals surface area contributed by atoms with E-state index >= 15 is 0 Å². The highest BCUT2D eigenvalue weighted by Gasteiger charge is 2.42. The van der Waals surface area contributed by atoms with Crippen LogP contribution in [0.2, 0.25) is 0 Å². The number of carbonyl (C=O) groups is 10. The Bertz CT molecular complexity index is 2910. The van der Waals surface area contributed by atoms with E-state index in [2.05, 4.69) is 60.7 Å². The molecule has 0 bridgehead atoms. The predicted octanol–water partition coefficient (Wildman–Crippen LogP) is 6.73. The fraction of sp³-hybridized carbons (Fsp3) is 0.548. The van der Waals surface area contributed by atoms with Crippen molar-refractivity contribution in [1.82, 2.24) is 30.7 Å². The molecule has 9 aliphatic rings. The number of alkyl carbamates (subject to hydrolysis) is 1. The average Bonchev–Trinajstić information content (AvgIpc) is 2.52. The van der Waals surface area contributed by atoms with Crippen LogP contribution in [0.25, 0.3) is 0 Å². The van der Waals surface area contributed by atoms with Gasteiger partial charge < -0.3 is 45.6 Å². The molecule has 20 nitrogen and oxygen atoms in total. The fourth-order valence-electron chi connectivity index (χ4n) is 12.3. The Morgan fingerprint density at radius 1 is 0.595 bits per heavy atom. The van der Waals surface area contributed by atoms with Crippen LogP contribution < -0.4 is 31.5 Å². The standard InChI is InChI=1S/C20H24N2O3.C19H23N3O3.C13H11BrN2O3.C10H20N2O2.ClH/c1-13-6-8-21(9-7-13)15-2-4-17-14(10-15)12-22(20(17)25)18-5-3-16(23)11-19(18)24;20-13-5-7-21(8-6-13)14-1-3-16-12(9-14)11-22(19(16)25)17-4-2-15(23)10-18(17)24;14-8-1-2-9-7(5-8)6-16(13(9)19)10-3-4-11(17)15-12(10)18;1-10(2,3)14-9(13)12-8-4-6-11-7-5-8;/h2,4,10,13,18H,3,5-9,11-12H2,1H3;1,3,9,13,17H,2,4-8,10-11,20H2;1-2,5,10H,3-4,6H2,(H,15,17,18);8,11H,4-7H2,1-3H3,(H,12,13);1H. The maximum absolute atomic E-state index is 12.7. The van der Waals surface area contributed by atoms with Gasteiger partial charge in [-0.15, -0.1) is 12.4 Å². The van der Waals surface area contributed by atoms with Crippen LogP contribution in [0.5, 0.6) is 0 Å². The Balaban J connectivity index is 0.000000149. The van der Waals surface area contributed by atoms with E-state index in [1.807, 2.05) is 57.2 Å². The van der Waals surface area contributed by atoms with Crippen molar-refractivity contribution >= 4 is 98.5 Å². The molecular formula is C62H79BrClN9O11. The molecule has 6 amide bonds. The van der Waals surface area contributed by atoms with E-state index in [1.54, 1.807) is 20.8 Å². The van der Waals surface area contributed by atoms with Crippen molar-refractivity contribution in [3.05, 3.63) is 92.5 Å². The molecule has 0 radical (unpaired) electrons. The molecule has 6 fully saturated rings. The Kier molecular flexibility index (Phi) is 20.9. The van der Waals surface area contributed by atoms with Crippen molar-refractivity contribution in [2.24, 2.45) is 11.7 Å². The normalized spacial score (nSPS) is 23.0. The number of ketones is 4. The van der Waals surface area contributed by atoms with E-state index in [9.17, 15) is 47.9 Å². The third-order valence-corrected chi connectivity index (χ3v) is 17.6. The number of rotatable bonds is 6. The molecule has 12 rings (SSSR count). The molecule has 3 atom stereocenters. The number of imide groups is 1. The van der Waals surface area contributed by atoms with Gasteiger partial charge in [0, 0.05) is 110 Å². The largest absolute Gasteiger partial charge is 0.444 e. The summed E-state index contributed by atoms with van der Waals surface area (Å²) in [6, 6.07) is 16.6. The van der Waals surface area contributed by atoms with Crippen LogP contribution >= 0.6 is 28.3 Å². The van der Waals surface area contributed by atoms with Gasteiger partial charge in [-0.2, -0.15) is 0 Å². The Morgan fingerprint density at radius 2 is 1.04 bits per heavy atom. The third kappa shape index (κ3) is 15.5. The molecule has 7 aliphatic heterocycles. The van der Waals surface area contributed by atoms with Crippen molar-refractivity contribution in [3.8, 4) is 0 Å². The highest BCUT2D eigenvalue weighted by molar-refractivity contribution is 9.10. The number of benzene rings is 3. The van der Waals surface area contributed by atoms with Gasteiger partial charge in [-0.1, -0.05) is 22.9 Å². The summed E-state index contributed by atoms with van der Waals surface area (Å²) in [5, 5.41) is 8.40. The van der Waals surface area contributed by atoms with E-state index in [0.717, 1.165) is 97.7 Å². The van der Waals surface area contributed by atoms with Gasteiger partial charge in [0.1, 0.15) is 23.2 Å². The van der Waals surface area contributed by atoms with Gasteiger partial charge >= 0.3 is 6.09 Å². The van der Waals surface area contributed by atoms with Crippen LogP contribution in [0.15, 0.2) is 59.1 Å². The second kappa shape index (κ2) is 27.7. The molecule has 0 spiro atoms. The van der Waals surface area contributed by atoms with Crippen LogP contribution in [-0.2, 0) is 53.1 Å². The minimum atomic E-state index is -0.545. The number of Topliss-reactive ketones (excluding diaryl/α,β-unsaturated/α-hetero) is 4. The van der Waals surface area contributed by atoms with Crippen LogP contribution in [0.3, 0.4) is 0 Å². The molecule has 3 aromatic rings. The predicted molar refractivity (Wildman–Crippen MR) is 321 cm³/mol. The van der Waals surface area contributed by atoms with E-state index in [1.165, 1.54) is 18.5 Å². The number of nitrogens with one attached hydrogen (secondary N) is 3. The van der Waals surface area contributed by atoms with Crippen LogP contribution in [0.1, 0.15) is 165 Å². The molecule has 0 aromatic heterocycles. The van der Waals surface area contributed by atoms with Gasteiger partial charge in [-0.05, 0) is 169 Å². The smallest absolute Gasteiger partial charge is 0.407 e. The summed E-state index contributed by atoms with van der Waals surface area (Å²) < 4.78 is 6.08. The Morgan fingerprint density at radius 3 is 1.50 bits per heavy atom. The first-order valence-electron chi connectivity index (χ1n) is 29.4. The lowest BCUT2D eigenvalue weighted by Crippen LogP contribution is -2.52. The Labute approximate surface area is 505 Å². The van der Waals surface area contributed by atoms with Gasteiger partial charge in [-0.3, -0.25) is 48.5 Å². The summed E-state index contributed by atoms with van der Waals surface area (Å²) in [6.07, 6.45) is 8.34. The second-order valence-electron chi connectivity index (χ2n) is 24.4. The van der Waals surface area contributed by atoms with E-state index < -0.39 is 23.7 Å². The second-order valence-corrected chi connectivity index (χ2v) is 25.3. The van der Waals surface area contributed by atoms with E-state index in [0.29, 0.717) is 68.4 Å². The van der Waals surface area contributed by atoms with Gasteiger partial charge in [0.25, 0.3) is 17.7 Å². The average molecular weight is 1240 g/mol. The van der Waals surface area contributed by atoms with E-state index in [-0.39, 0.29) is 103 Å². The minimum absolute atomic E-state index is 0. The van der Waals surface area contributed by atoms with E-state index in [4.69, 9.17) is 10.5 Å². The lowest BCUT2D eigenvalue weighted by atomic mass is 9.92. The zero-order chi connectivity index (χ0) is 59.3. The number of ether oxygens (including phenoxy) is 1. The van der Waals surface area contributed by atoms with Gasteiger partial charge in [0.05, 0.1) is 24.9 Å². The molecule has 22 heteroatoms. The van der Waals surface area contributed by atoms with Crippen LogP contribution in [-0.4, -0.2) is 149 Å². The van der Waals surface area contributed by atoms with Crippen LogP contribution in [0, 0.1) is 5.92 Å². The highest BCUT2D eigenvalue weighted by Crippen LogP contribution is 2.35. The number of piperidine rings is 4. The van der Waals surface area contributed by atoms with Crippen molar-refractivity contribution < 1.29 is 52.7 Å². The number of carbonyl (C=O) groups excluding carboxylic acids is 10. The fourth-order valence-corrected chi connectivity index (χ4v) is 12.8. The summed E-state index contributed by atoms with van der Waals surface area (Å²) in [5.41, 5.74) is 12.8. The molecule has 5 N–H and O–H groups in total. The first-order chi connectivity index (χ1) is 39.6. The maximum Gasteiger partial charge on any atom is 0.407 e. The third-order valence-electron chi connectivity index (χ3n) is 17.1. The molecule has 2 saturated carbocycles. The van der Waals surface area contributed by atoms with Crippen LogP contribution in [0.4, 0.5) is 16.2 Å². The van der Waals surface area contributed by atoms with Crippen molar-refractivity contribution in [3.63, 3.8) is 0 Å². The van der Waals surface area contributed by atoms with Crippen molar-refractivity contribution in [1.29, 1.82) is 0 Å². The highest BCUT2D eigenvalue weighted by atomic mass is 79.9. The van der Waals surface area contributed by atoms with Gasteiger partial charge in [-0.25, -0.2) is 4.79 Å². The first kappa shape index (κ1) is 63.5. The molecule has 3 unspecified atom stereocenters. The summed E-state index contributed by atoms with van der Waals surface area (Å²) in [5.74, 6) is -0.422. The minimum Gasteiger partial charge on any atom is -0.444 e. The lowest BCUT2D eigenvalue weighted by Gasteiger charge is -2.32. The van der Waals surface area contributed by atoms with Crippen molar-refractivity contribution in [2.45, 2.75) is 173 Å². The topological polar surface area (TPSA) is 258 Å². The number of anilines is 2. The monoisotopic (exact) mass is 1240 g/mol. The number of hydrogen-bond acceptors (Lipinski definition) is 15. The summed E-state index contributed by atoms with van der Waals surface area (Å²) >= 11 is 3.37. The number of hydrogen-bond donors (Lipinski definition) is 4. The molecule has 452 valence electrons.